The van der Waals surface area contributed by atoms with E-state index < -0.39 is 17.8 Å². The number of ether oxygens (including phenoxy) is 2. The van der Waals surface area contributed by atoms with Crippen LogP contribution in [0.2, 0.25) is 0 Å². The number of ketones is 2. The average molecular weight is 276 g/mol. The molecule has 0 bridgehead atoms. The average Bonchev–Trinajstić information content (AvgIpc) is 2.46. The number of carbonyl (C=O) groups excluding carboxylic acids is 3. The van der Waals surface area contributed by atoms with Crippen LogP contribution in [0.4, 0.5) is 0 Å². The highest BCUT2D eigenvalue weighted by molar-refractivity contribution is 6.11. The van der Waals surface area contributed by atoms with Gasteiger partial charge in [-0.15, -0.1) is 0 Å². The molecule has 0 heterocycles. The van der Waals surface area contributed by atoms with Crippen molar-refractivity contribution in [3.05, 3.63) is 29.8 Å². The molecule has 5 nitrogen and oxygen atoms in total. The molecule has 0 aliphatic heterocycles. The van der Waals surface area contributed by atoms with Crippen LogP contribution in [-0.4, -0.2) is 31.8 Å². The van der Waals surface area contributed by atoms with E-state index in [4.69, 9.17) is 9.47 Å². The standard InChI is InChI=1S/C15H16O5/c1-19-11-5-3-9(4-6-11)12-7-10(16)8-13(17)14(12)15(18)20-2/h3-6,12,14H,7-8H2,1-2H3/t12-,14-/m1/s1. The lowest BCUT2D eigenvalue weighted by atomic mass is 9.74. The lowest BCUT2D eigenvalue weighted by Gasteiger charge is -2.28. The lowest BCUT2D eigenvalue weighted by molar-refractivity contribution is -0.152. The monoisotopic (exact) mass is 276 g/mol. The van der Waals surface area contributed by atoms with Gasteiger partial charge in [-0.05, 0) is 17.7 Å². The Balaban J connectivity index is 2.34. The molecule has 5 heteroatoms. The van der Waals surface area contributed by atoms with E-state index in [0.29, 0.717) is 5.75 Å². The van der Waals surface area contributed by atoms with Crippen LogP contribution in [0, 0.1) is 5.92 Å². The van der Waals surface area contributed by atoms with Crippen LogP contribution in [0.15, 0.2) is 24.3 Å². The van der Waals surface area contributed by atoms with Gasteiger partial charge in [0.05, 0.1) is 20.6 Å². The van der Waals surface area contributed by atoms with E-state index in [-0.39, 0.29) is 24.4 Å². The van der Waals surface area contributed by atoms with Crippen molar-refractivity contribution >= 4 is 17.5 Å². The maximum atomic E-state index is 12.0. The Morgan fingerprint density at radius 3 is 2.35 bits per heavy atom. The van der Waals surface area contributed by atoms with Gasteiger partial charge in [-0.25, -0.2) is 0 Å². The summed E-state index contributed by atoms with van der Waals surface area (Å²) in [4.78, 5) is 35.4. The molecule has 0 unspecified atom stereocenters. The van der Waals surface area contributed by atoms with Gasteiger partial charge in [-0.2, -0.15) is 0 Å². The lowest BCUT2D eigenvalue weighted by Crippen LogP contribution is -2.37. The molecule has 0 spiro atoms. The fraction of sp³-hybridized carbons (Fsp3) is 0.400. The van der Waals surface area contributed by atoms with E-state index >= 15 is 0 Å². The number of benzene rings is 1. The van der Waals surface area contributed by atoms with Gasteiger partial charge in [0.1, 0.15) is 17.5 Å². The molecule has 1 aliphatic rings. The van der Waals surface area contributed by atoms with E-state index in [0.717, 1.165) is 5.56 Å². The number of rotatable bonds is 3. The summed E-state index contributed by atoms with van der Waals surface area (Å²) in [5.74, 6) is -1.77. The van der Waals surface area contributed by atoms with Gasteiger partial charge < -0.3 is 9.47 Å². The highest BCUT2D eigenvalue weighted by Crippen LogP contribution is 2.35. The van der Waals surface area contributed by atoms with Crippen molar-refractivity contribution in [3.63, 3.8) is 0 Å². The molecule has 0 saturated heterocycles. The van der Waals surface area contributed by atoms with Gasteiger partial charge in [-0.3, -0.25) is 14.4 Å². The first-order chi connectivity index (χ1) is 9.56. The molecule has 0 N–H and O–H groups in total. The molecule has 2 rings (SSSR count). The number of methoxy groups -OCH3 is 2. The Kier molecular flexibility index (Phi) is 4.17. The Morgan fingerprint density at radius 2 is 1.80 bits per heavy atom. The van der Waals surface area contributed by atoms with Gasteiger partial charge >= 0.3 is 5.97 Å². The van der Waals surface area contributed by atoms with Gasteiger partial charge in [0.2, 0.25) is 0 Å². The molecular formula is C15H16O5. The van der Waals surface area contributed by atoms with E-state index in [1.807, 2.05) is 0 Å². The normalized spacial score (nSPS) is 22.5. The van der Waals surface area contributed by atoms with Gasteiger partial charge in [-0.1, -0.05) is 12.1 Å². The van der Waals surface area contributed by atoms with Crippen molar-refractivity contribution in [1.29, 1.82) is 0 Å². The minimum atomic E-state index is -0.897. The largest absolute Gasteiger partial charge is 0.497 e. The second-order valence-corrected chi connectivity index (χ2v) is 4.77. The van der Waals surface area contributed by atoms with Crippen LogP contribution in [0.1, 0.15) is 24.3 Å². The first kappa shape index (κ1) is 14.2. The first-order valence-electron chi connectivity index (χ1n) is 6.33. The molecule has 1 aromatic rings. The van der Waals surface area contributed by atoms with E-state index in [2.05, 4.69) is 0 Å². The van der Waals surface area contributed by atoms with Gasteiger partial charge in [0, 0.05) is 12.3 Å². The molecule has 2 atom stereocenters. The third kappa shape index (κ3) is 2.71. The van der Waals surface area contributed by atoms with Crippen LogP contribution in [0.5, 0.6) is 5.75 Å². The second kappa shape index (κ2) is 5.86. The predicted molar refractivity (Wildman–Crippen MR) is 70.5 cm³/mol. The quantitative estimate of drug-likeness (QED) is 0.618. The summed E-state index contributed by atoms with van der Waals surface area (Å²) >= 11 is 0. The second-order valence-electron chi connectivity index (χ2n) is 4.77. The van der Waals surface area contributed by atoms with Crippen LogP contribution in [0.25, 0.3) is 0 Å². The minimum absolute atomic E-state index is 0.143. The number of hydrogen-bond donors (Lipinski definition) is 0. The van der Waals surface area contributed by atoms with Crippen LogP contribution in [0.3, 0.4) is 0 Å². The van der Waals surface area contributed by atoms with Crippen molar-refractivity contribution in [1.82, 2.24) is 0 Å². The number of hydrogen-bond acceptors (Lipinski definition) is 5. The topological polar surface area (TPSA) is 69.7 Å². The number of Topliss-reactive ketones (excluding diaryl/α,β-unsaturated/α-hetero) is 2. The van der Waals surface area contributed by atoms with Gasteiger partial charge in [0.25, 0.3) is 0 Å². The number of carbonyl (C=O) groups is 3. The summed E-state index contributed by atoms with van der Waals surface area (Å²) in [6.45, 7) is 0. The van der Waals surface area contributed by atoms with E-state index in [9.17, 15) is 14.4 Å². The van der Waals surface area contributed by atoms with Crippen molar-refractivity contribution < 1.29 is 23.9 Å². The fourth-order valence-electron chi connectivity index (χ4n) is 2.55. The zero-order chi connectivity index (χ0) is 14.7. The predicted octanol–water partition coefficient (Wildman–Crippen LogP) is 1.50. The Morgan fingerprint density at radius 1 is 1.15 bits per heavy atom. The molecular weight excluding hydrogens is 260 g/mol. The maximum absolute atomic E-state index is 12.0. The summed E-state index contributed by atoms with van der Waals surface area (Å²) in [6, 6.07) is 7.02. The Labute approximate surface area is 116 Å². The smallest absolute Gasteiger partial charge is 0.316 e. The fourth-order valence-corrected chi connectivity index (χ4v) is 2.55. The van der Waals surface area contributed by atoms with Crippen LogP contribution < -0.4 is 4.74 Å². The minimum Gasteiger partial charge on any atom is -0.497 e. The summed E-state index contributed by atoms with van der Waals surface area (Å²) in [5, 5.41) is 0. The molecule has 20 heavy (non-hydrogen) atoms. The van der Waals surface area contributed by atoms with E-state index in [1.165, 1.54) is 7.11 Å². The van der Waals surface area contributed by atoms with Crippen molar-refractivity contribution in [2.75, 3.05) is 14.2 Å². The molecule has 1 aromatic carbocycles. The van der Waals surface area contributed by atoms with E-state index in [1.54, 1.807) is 31.4 Å². The first-order valence-corrected chi connectivity index (χ1v) is 6.33. The third-order valence-electron chi connectivity index (χ3n) is 3.57. The SMILES string of the molecule is COC(=O)[C@H]1C(=O)CC(=O)C[C@@H]1c1ccc(OC)cc1. The highest BCUT2D eigenvalue weighted by atomic mass is 16.5. The van der Waals surface area contributed by atoms with Gasteiger partial charge in [0.15, 0.2) is 5.78 Å². The molecule has 1 aliphatic carbocycles. The Bertz CT molecular complexity index is 532. The summed E-state index contributed by atoms with van der Waals surface area (Å²) in [5.41, 5.74) is 0.766. The van der Waals surface area contributed by atoms with Crippen LogP contribution in [-0.2, 0) is 19.1 Å². The Hall–Kier alpha value is -2.17. The molecule has 0 amide bonds. The zero-order valence-corrected chi connectivity index (χ0v) is 11.4. The van der Waals surface area contributed by atoms with Crippen molar-refractivity contribution in [3.8, 4) is 5.75 Å². The molecule has 1 fully saturated rings. The van der Waals surface area contributed by atoms with Crippen molar-refractivity contribution in [2.45, 2.75) is 18.8 Å². The third-order valence-corrected chi connectivity index (χ3v) is 3.57. The highest BCUT2D eigenvalue weighted by Gasteiger charge is 2.42. The van der Waals surface area contributed by atoms with Crippen molar-refractivity contribution in [2.24, 2.45) is 5.92 Å². The molecule has 0 aromatic heterocycles. The summed E-state index contributed by atoms with van der Waals surface area (Å²) in [7, 11) is 2.80. The zero-order valence-electron chi connectivity index (χ0n) is 11.4. The van der Waals surface area contributed by atoms with Crippen LogP contribution >= 0.6 is 0 Å². The number of esters is 1. The summed E-state index contributed by atoms with van der Waals surface area (Å²) < 4.78 is 9.76. The molecule has 1 saturated carbocycles. The summed E-state index contributed by atoms with van der Waals surface area (Å²) in [6.07, 6.45) is -0.00967. The molecule has 106 valence electrons. The molecule has 0 radical (unpaired) electrons. The maximum Gasteiger partial charge on any atom is 0.316 e.